The van der Waals surface area contributed by atoms with E-state index in [9.17, 15) is 0 Å². The maximum atomic E-state index is 5.88. The van der Waals surface area contributed by atoms with Crippen LogP contribution in [0.5, 0.6) is 0 Å². The maximum absolute atomic E-state index is 5.88. The molecular formula is C11H16ClN3. The van der Waals surface area contributed by atoms with E-state index in [2.05, 4.69) is 22.1 Å². The molecule has 3 nitrogen and oxygen atoms in total. The van der Waals surface area contributed by atoms with Gasteiger partial charge in [-0.15, -0.1) is 0 Å². The van der Waals surface area contributed by atoms with Gasteiger partial charge in [0.25, 0.3) is 0 Å². The summed E-state index contributed by atoms with van der Waals surface area (Å²) in [5.74, 6) is 0.705. The molecule has 1 aliphatic heterocycles. The number of halogens is 1. The SMILES string of the molecule is CN1CCCC(Cc2cc(Cl)cnn2)C1. The largest absolute Gasteiger partial charge is 0.306 e. The Balaban J connectivity index is 1.96. The molecule has 2 heterocycles. The smallest absolute Gasteiger partial charge is 0.0682 e. The summed E-state index contributed by atoms with van der Waals surface area (Å²) in [5, 5.41) is 8.66. The number of piperidine rings is 1. The molecule has 0 N–H and O–H groups in total. The van der Waals surface area contributed by atoms with Crippen LogP contribution in [0, 0.1) is 5.92 Å². The molecule has 1 saturated heterocycles. The zero-order valence-electron chi connectivity index (χ0n) is 8.99. The fraction of sp³-hybridized carbons (Fsp3) is 0.636. The topological polar surface area (TPSA) is 29.0 Å². The van der Waals surface area contributed by atoms with Gasteiger partial charge in [-0.3, -0.25) is 0 Å². The molecule has 82 valence electrons. The van der Waals surface area contributed by atoms with Crippen LogP contribution in [0.3, 0.4) is 0 Å². The first-order valence-electron chi connectivity index (χ1n) is 5.39. The summed E-state index contributed by atoms with van der Waals surface area (Å²) in [6, 6.07) is 1.92. The monoisotopic (exact) mass is 225 g/mol. The molecule has 0 bridgehead atoms. The van der Waals surface area contributed by atoms with E-state index in [-0.39, 0.29) is 0 Å². The highest BCUT2D eigenvalue weighted by molar-refractivity contribution is 6.30. The van der Waals surface area contributed by atoms with Gasteiger partial charge < -0.3 is 4.90 Å². The van der Waals surface area contributed by atoms with E-state index in [1.54, 1.807) is 6.20 Å². The van der Waals surface area contributed by atoms with Gasteiger partial charge in [0.05, 0.1) is 16.9 Å². The first-order chi connectivity index (χ1) is 7.24. The number of hydrogen-bond acceptors (Lipinski definition) is 3. The van der Waals surface area contributed by atoms with Crippen molar-refractivity contribution in [3.8, 4) is 0 Å². The fourth-order valence-corrected chi connectivity index (χ4v) is 2.39. The van der Waals surface area contributed by atoms with E-state index in [4.69, 9.17) is 11.6 Å². The number of likely N-dealkylation sites (tertiary alicyclic amines) is 1. The van der Waals surface area contributed by atoms with Crippen LogP contribution in [0.4, 0.5) is 0 Å². The Morgan fingerprint density at radius 2 is 2.47 bits per heavy atom. The average Bonchev–Trinajstić information content (AvgIpc) is 2.17. The summed E-state index contributed by atoms with van der Waals surface area (Å²) in [7, 11) is 2.18. The van der Waals surface area contributed by atoms with Crippen molar-refractivity contribution in [3.63, 3.8) is 0 Å². The molecule has 0 saturated carbocycles. The van der Waals surface area contributed by atoms with Crippen LogP contribution >= 0.6 is 11.6 Å². The summed E-state index contributed by atoms with van der Waals surface area (Å²) in [4.78, 5) is 2.38. The fourth-order valence-electron chi connectivity index (χ4n) is 2.22. The third kappa shape index (κ3) is 3.14. The molecule has 0 radical (unpaired) electrons. The molecule has 1 unspecified atom stereocenters. The summed E-state index contributed by atoms with van der Waals surface area (Å²) < 4.78 is 0. The second kappa shape index (κ2) is 4.90. The van der Waals surface area contributed by atoms with Gasteiger partial charge >= 0.3 is 0 Å². The van der Waals surface area contributed by atoms with Gasteiger partial charge in [0.1, 0.15) is 0 Å². The van der Waals surface area contributed by atoms with Crippen molar-refractivity contribution in [2.45, 2.75) is 19.3 Å². The zero-order valence-corrected chi connectivity index (χ0v) is 9.74. The zero-order chi connectivity index (χ0) is 10.7. The predicted octanol–water partition coefficient (Wildman–Crippen LogP) is 2.01. The van der Waals surface area contributed by atoms with Crippen molar-refractivity contribution in [2.75, 3.05) is 20.1 Å². The Morgan fingerprint density at radius 3 is 3.20 bits per heavy atom. The number of hydrogen-bond donors (Lipinski definition) is 0. The molecule has 4 heteroatoms. The maximum Gasteiger partial charge on any atom is 0.0682 e. The second-order valence-corrected chi connectivity index (χ2v) is 4.78. The van der Waals surface area contributed by atoms with Crippen molar-refractivity contribution in [1.82, 2.24) is 15.1 Å². The van der Waals surface area contributed by atoms with Crippen molar-refractivity contribution in [2.24, 2.45) is 5.92 Å². The minimum atomic E-state index is 0.684. The first kappa shape index (κ1) is 10.8. The van der Waals surface area contributed by atoms with Crippen molar-refractivity contribution < 1.29 is 0 Å². The summed E-state index contributed by atoms with van der Waals surface area (Å²) in [6.07, 6.45) is 5.16. The quantitative estimate of drug-likeness (QED) is 0.771. The van der Waals surface area contributed by atoms with Crippen LogP contribution in [0.2, 0.25) is 5.02 Å². The Hall–Kier alpha value is -0.670. The number of nitrogens with zero attached hydrogens (tertiary/aromatic N) is 3. The Kier molecular flexibility index (Phi) is 3.54. The highest BCUT2D eigenvalue weighted by atomic mass is 35.5. The lowest BCUT2D eigenvalue weighted by molar-refractivity contribution is 0.208. The van der Waals surface area contributed by atoms with E-state index < -0.39 is 0 Å². The molecule has 15 heavy (non-hydrogen) atoms. The van der Waals surface area contributed by atoms with E-state index in [0.29, 0.717) is 10.9 Å². The average molecular weight is 226 g/mol. The molecule has 1 aromatic rings. The summed E-state index contributed by atoms with van der Waals surface area (Å²) >= 11 is 5.88. The molecule has 1 aromatic heterocycles. The van der Waals surface area contributed by atoms with Gasteiger partial charge in [0.2, 0.25) is 0 Å². The molecule has 1 atom stereocenters. The lowest BCUT2D eigenvalue weighted by Crippen LogP contribution is -2.33. The molecule has 0 amide bonds. The molecular weight excluding hydrogens is 210 g/mol. The summed E-state index contributed by atoms with van der Waals surface area (Å²) in [6.45, 7) is 2.38. The van der Waals surface area contributed by atoms with Crippen molar-refractivity contribution in [3.05, 3.63) is 23.0 Å². The van der Waals surface area contributed by atoms with Gasteiger partial charge in [-0.2, -0.15) is 10.2 Å². The molecule has 0 aliphatic carbocycles. The lowest BCUT2D eigenvalue weighted by Gasteiger charge is -2.29. The van der Waals surface area contributed by atoms with Crippen molar-refractivity contribution in [1.29, 1.82) is 0 Å². The number of aromatic nitrogens is 2. The van der Waals surface area contributed by atoms with E-state index >= 15 is 0 Å². The van der Waals surface area contributed by atoms with Gasteiger partial charge in [-0.05, 0) is 44.8 Å². The minimum Gasteiger partial charge on any atom is -0.306 e. The van der Waals surface area contributed by atoms with Gasteiger partial charge in [-0.25, -0.2) is 0 Å². The highest BCUT2D eigenvalue weighted by Crippen LogP contribution is 2.19. The highest BCUT2D eigenvalue weighted by Gasteiger charge is 2.18. The normalized spacial score (nSPS) is 22.9. The molecule has 1 fully saturated rings. The summed E-state index contributed by atoms with van der Waals surface area (Å²) in [5.41, 5.74) is 1.02. The standard InChI is InChI=1S/C11H16ClN3/c1-15-4-2-3-9(8-15)5-11-6-10(12)7-13-14-11/h6-7,9H,2-5,8H2,1H3. The van der Waals surface area contributed by atoms with Crippen LogP contribution in [0.15, 0.2) is 12.3 Å². The molecule has 1 aliphatic rings. The van der Waals surface area contributed by atoms with Crippen molar-refractivity contribution >= 4 is 11.6 Å². The van der Waals surface area contributed by atoms with Gasteiger partial charge in [-0.1, -0.05) is 11.6 Å². The van der Waals surface area contributed by atoms with Gasteiger partial charge in [0.15, 0.2) is 0 Å². The van der Waals surface area contributed by atoms with Crippen LogP contribution in [0.25, 0.3) is 0 Å². The Labute approximate surface area is 95.5 Å². The molecule has 0 aromatic carbocycles. The second-order valence-electron chi connectivity index (χ2n) is 4.34. The van der Waals surface area contributed by atoms with E-state index in [1.807, 2.05) is 6.07 Å². The molecule has 0 spiro atoms. The minimum absolute atomic E-state index is 0.684. The van der Waals surface area contributed by atoms with Crippen LogP contribution in [0.1, 0.15) is 18.5 Å². The first-order valence-corrected chi connectivity index (χ1v) is 5.77. The Bertz CT molecular complexity index is 329. The van der Waals surface area contributed by atoms with Crippen LogP contribution in [-0.4, -0.2) is 35.2 Å². The van der Waals surface area contributed by atoms with E-state index in [0.717, 1.165) is 18.7 Å². The van der Waals surface area contributed by atoms with E-state index in [1.165, 1.54) is 19.4 Å². The van der Waals surface area contributed by atoms with Crippen LogP contribution < -0.4 is 0 Å². The van der Waals surface area contributed by atoms with Crippen LogP contribution in [-0.2, 0) is 6.42 Å². The lowest BCUT2D eigenvalue weighted by atomic mass is 9.94. The third-order valence-corrected chi connectivity index (χ3v) is 3.10. The third-order valence-electron chi connectivity index (χ3n) is 2.89. The molecule has 2 rings (SSSR count). The van der Waals surface area contributed by atoms with Gasteiger partial charge in [0, 0.05) is 6.54 Å². The Morgan fingerprint density at radius 1 is 1.60 bits per heavy atom. The predicted molar refractivity (Wildman–Crippen MR) is 61.0 cm³/mol. The number of rotatable bonds is 2.